The van der Waals surface area contributed by atoms with Crippen LogP contribution in [0, 0.1) is 5.92 Å². The Morgan fingerprint density at radius 3 is 2.39 bits per heavy atom. The van der Waals surface area contributed by atoms with Crippen molar-refractivity contribution in [3.05, 3.63) is 12.0 Å². The summed E-state index contributed by atoms with van der Waals surface area (Å²) in [6, 6.07) is 0.625. The fourth-order valence-electron chi connectivity index (χ4n) is 4.46. The molecule has 2 aliphatic heterocycles. The highest BCUT2D eigenvalue weighted by atomic mass is 16.5. The van der Waals surface area contributed by atoms with Gasteiger partial charge in [0, 0.05) is 44.7 Å². The van der Waals surface area contributed by atoms with Gasteiger partial charge in [-0.25, -0.2) is 9.97 Å². The molecule has 0 amide bonds. The summed E-state index contributed by atoms with van der Waals surface area (Å²) in [6.45, 7) is 14.9. The average molecular weight is 387 g/mol. The molecule has 2 aliphatic rings. The lowest BCUT2D eigenvalue weighted by Gasteiger charge is -2.41. The number of piperidine rings is 1. The first-order chi connectivity index (χ1) is 13.3. The highest BCUT2D eigenvalue weighted by Gasteiger charge is 2.30. The van der Waals surface area contributed by atoms with Crippen LogP contribution in [0.4, 0.5) is 5.82 Å². The third-order valence-corrected chi connectivity index (χ3v) is 6.39. The highest BCUT2D eigenvalue weighted by Crippen LogP contribution is 2.32. The van der Waals surface area contributed by atoms with Crippen molar-refractivity contribution in [1.29, 1.82) is 0 Å². The van der Waals surface area contributed by atoms with Gasteiger partial charge in [0.25, 0.3) is 0 Å². The molecule has 2 aromatic heterocycles. The van der Waals surface area contributed by atoms with E-state index in [2.05, 4.69) is 42.6 Å². The molecule has 0 aromatic carbocycles. The number of aryl methyl sites for hydroxylation is 1. The maximum absolute atomic E-state index is 5.52. The van der Waals surface area contributed by atoms with Crippen LogP contribution in [0.2, 0.25) is 0 Å². The lowest BCUT2D eigenvalue weighted by Crippen LogP contribution is -2.48. The summed E-state index contributed by atoms with van der Waals surface area (Å²) in [7, 11) is 1.96. The van der Waals surface area contributed by atoms with Crippen LogP contribution in [0.1, 0.15) is 46.4 Å². The molecule has 2 fully saturated rings. The van der Waals surface area contributed by atoms with Crippen LogP contribution in [0.15, 0.2) is 6.20 Å². The Kier molecular flexibility index (Phi) is 5.31. The molecule has 0 radical (unpaired) electrons. The van der Waals surface area contributed by atoms with Gasteiger partial charge in [-0.15, -0.1) is 0 Å². The molecule has 0 aliphatic carbocycles. The minimum absolute atomic E-state index is 0.0869. The molecular formula is C21H34N6O. The lowest BCUT2D eigenvalue weighted by atomic mass is 9.89. The Morgan fingerprint density at radius 2 is 1.75 bits per heavy atom. The maximum Gasteiger partial charge on any atom is 0.163 e. The number of rotatable bonds is 3. The van der Waals surface area contributed by atoms with E-state index < -0.39 is 0 Å². The minimum atomic E-state index is -0.0869. The Labute approximate surface area is 168 Å². The van der Waals surface area contributed by atoms with Crippen molar-refractivity contribution in [2.24, 2.45) is 13.0 Å². The SMILES string of the molecule is C[C@@H](C1CCN(c2nc(C(C)(C)C)nc3c2cnn3C)CC1)N1CCOCC1. The summed E-state index contributed by atoms with van der Waals surface area (Å²) in [5, 5.41) is 5.51. The van der Waals surface area contributed by atoms with Crippen molar-refractivity contribution in [3.8, 4) is 0 Å². The third-order valence-electron chi connectivity index (χ3n) is 6.39. The minimum Gasteiger partial charge on any atom is -0.379 e. The van der Waals surface area contributed by atoms with E-state index in [1.165, 1.54) is 12.8 Å². The molecule has 4 rings (SSSR count). The van der Waals surface area contributed by atoms with Crippen molar-refractivity contribution in [2.45, 2.75) is 52.0 Å². The first-order valence-electron chi connectivity index (χ1n) is 10.6. The van der Waals surface area contributed by atoms with Crippen LogP contribution in [-0.4, -0.2) is 70.1 Å². The van der Waals surface area contributed by atoms with Crippen LogP contribution in [0.5, 0.6) is 0 Å². The summed E-state index contributed by atoms with van der Waals surface area (Å²) in [5.74, 6) is 2.69. The zero-order valence-electron chi connectivity index (χ0n) is 18.0. The maximum atomic E-state index is 5.52. The van der Waals surface area contributed by atoms with E-state index in [0.29, 0.717) is 6.04 Å². The molecular weight excluding hydrogens is 352 g/mol. The van der Waals surface area contributed by atoms with E-state index in [1.54, 1.807) is 0 Å². The van der Waals surface area contributed by atoms with Crippen molar-refractivity contribution >= 4 is 16.9 Å². The number of fused-ring (bicyclic) bond motifs is 1. The third kappa shape index (κ3) is 3.74. The van der Waals surface area contributed by atoms with Crippen LogP contribution in [0.3, 0.4) is 0 Å². The fraction of sp³-hybridized carbons (Fsp3) is 0.762. The normalized spacial score (nSPS) is 21.4. The summed E-state index contributed by atoms with van der Waals surface area (Å²) < 4.78 is 7.39. The van der Waals surface area contributed by atoms with Crippen LogP contribution < -0.4 is 4.90 Å². The molecule has 28 heavy (non-hydrogen) atoms. The molecule has 0 saturated carbocycles. The quantitative estimate of drug-likeness (QED) is 0.808. The summed E-state index contributed by atoms with van der Waals surface area (Å²) in [5.41, 5.74) is 0.842. The van der Waals surface area contributed by atoms with E-state index in [1.807, 2.05) is 17.9 Å². The smallest absolute Gasteiger partial charge is 0.163 e. The van der Waals surface area contributed by atoms with Gasteiger partial charge in [-0.1, -0.05) is 20.8 Å². The first kappa shape index (κ1) is 19.6. The van der Waals surface area contributed by atoms with Gasteiger partial charge in [0.05, 0.1) is 24.8 Å². The molecule has 7 heteroatoms. The second kappa shape index (κ2) is 7.59. The van der Waals surface area contributed by atoms with E-state index in [-0.39, 0.29) is 5.41 Å². The predicted molar refractivity (Wildman–Crippen MR) is 112 cm³/mol. The van der Waals surface area contributed by atoms with Gasteiger partial charge in [-0.2, -0.15) is 5.10 Å². The molecule has 2 saturated heterocycles. The number of anilines is 1. The average Bonchev–Trinajstić information content (AvgIpc) is 3.08. The van der Waals surface area contributed by atoms with Crippen LogP contribution in [-0.2, 0) is 17.2 Å². The second-order valence-corrected chi connectivity index (χ2v) is 9.34. The van der Waals surface area contributed by atoms with E-state index in [9.17, 15) is 0 Å². The van der Waals surface area contributed by atoms with Crippen molar-refractivity contribution in [3.63, 3.8) is 0 Å². The van der Waals surface area contributed by atoms with Gasteiger partial charge < -0.3 is 9.64 Å². The fourth-order valence-corrected chi connectivity index (χ4v) is 4.46. The van der Waals surface area contributed by atoms with Crippen molar-refractivity contribution in [2.75, 3.05) is 44.3 Å². The predicted octanol–water partition coefficient (Wildman–Crippen LogP) is 2.60. The number of hydrogen-bond acceptors (Lipinski definition) is 6. The zero-order chi connectivity index (χ0) is 19.9. The molecule has 154 valence electrons. The van der Waals surface area contributed by atoms with Gasteiger partial charge in [-0.3, -0.25) is 9.58 Å². The number of hydrogen-bond donors (Lipinski definition) is 0. The van der Waals surface area contributed by atoms with Gasteiger partial charge in [-0.05, 0) is 25.7 Å². The molecule has 1 atom stereocenters. The first-order valence-corrected chi connectivity index (χ1v) is 10.6. The number of aromatic nitrogens is 4. The summed E-state index contributed by atoms with van der Waals surface area (Å²) >= 11 is 0. The van der Waals surface area contributed by atoms with Gasteiger partial charge in [0.1, 0.15) is 11.6 Å². The second-order valence-electron chi connectivity index (χ2n) is 9.34. The van der Waals surface area contributed by atoms with Gasteiger partial charge in [0.2, 0.25) is 0 Å². The summed E-state index contributed by atoms with van der Waals surface area (Å²) in [4.78, 5) is 14.9. The molecule has 7 nitrogen and oxygen atoms in total. The number of ether oxygens (including phenoxy) is 1. The Hall–Kier alpha value is -1.73. The Balaban J connectivity index is 1.53. The van der Waals surface area contributed by atoms with Crippen LogP contribution in [0.25, 0.3) is 11.0 Å². The summed E-state index contributed by atoms with van der Waals surface area (Å²) in [6.07, 6.45) is 4.32. The monoisotopic (exact) mass is 386 g/mol. The largest absolute Gasteiger partial charge is 0.379 e. The molecule has 4 heterocycles. The van der Waals surface area contributed by atoms with Crippen molar-refractivity contribution in [1.82, 2.24) is 24.6 Å². The zero-order valence-corrected chi connectivity index (χ0v) is 18.0. The van der Waals surface area contributed by atoms with E-state index >= 15 is 0 Å². The molecule has 0 unspecified atom stereocenters. The number of morpholine rings is 1. The lowest BCUT2D eigenvalue weighted by molar-refractivity contribution is 0.00448. The van der Waals surface area contributed by atoms with Crippen molar-refractivity contribution < 1.29 is 4.74 Å². The molecule has 0 spiro atoms. The molecule has 0 bridgehead atoms. The van der Waals surface area contributed by atoms with Crippen LogP contribution >= 0.6 is 0 Å². The van der Waals surface area contributed by atoms with Gasteiger partial charge >= 0.3 is 0 Å². The standard InChI is InChI=1S/C21H34N6O/c1-15(26-10-12-28-13-11-26)16-6-8-27(9-7-16)19-17-14-22-25(5)18(17)23-20(24-19)21(2,3)4/h14-16H,6-13H2,1-5H3/t15-/m0/s1. The highest BCUT2D eigenvalue weighted by molar-refractivity contribution is 5.87. The topological polar surface area (TPSA) is 59.3 Å². The van der Waals surface area contributed by atoms with Gasteiger partial charge in [0.15, 0.2) is 5.65 Å². The Bertz CT molecular complexity index is 812. The van der Waals surface area contributed by atoms with E-state index in [0.717, 1.165) is 68.0 Å². The van der Waals surface area contributed by atoms with E-state index in [4.69, 9.17) is 14.7 Å². The molecule has 2 aromatic rings. The number of nitrogens with zero attached hydrogens (tertiary/aromatic N) is 6. The molecule has 0 N–H and O–H groups in total. The Morgan fingerprint density at radius 1 is 1.07 bits per heavy atom.